The highest BCUT2D eigenvalue weighted by molar-refractivity contribution is 5.78. The molecule has 0 radical (unpaired) electrons. The average Bonchev–Trinajstić information content (AvgIpc) is 3.28. The Labute approximate surface area is 114 Å². The molecular weight excluding hydrogens is 240 g/mol. The second-order valence-electron chi connectivity index (χ2n) is 5.08. The van der Waals surface area contributed by atoms with Crippen LogP contribution in [0.5, 0.6) is 5.75 Å². The van der Waals surface area contributed by atoms with Gasteiger partial charge in [0.1, 0.15) is 5.75 Å². The maximum atomic E-state index is 11.9. The van der Waals surface area contributed by atoms with Crippen LogP contribution in [0.1, 0.15) is 37.8 Å². The summed E-state index contributed by atoms with van der Waals surface area (Å²) in [5.41, 5.74) is 7.01. The second-order valence-corrected chi connectivity index (χ2v) is 5.08. The third-order valence-electron chi connectivity index (χ3n) is 3.60. The van der Waals surface area contributed by atoms with E-state index >= 15 is 0 Å². The van der Waals surface area contributed by atoms with E-state index in [9.17, 15) is 4.79 Å². The van der Waals surface area contributed by atoms with Crippen molar-refractivity contribution in [2.75, 3.05) is 13.7 Å². The smallest absolute Gasteiger partial charge is 0.260 e. The molecule has 1 aliphatic rings. The number of hydrogen-bond donors (Lipinski definition) is 1. The van der Waals surface area contributed by atoms with Gasteiger partial charge in [0.2, 0.25) is 0 Å². The van der Waals surface area contributed by atoms with Gasteiger partial charge in [-0.15, -0.1) is 0 Å². The normalized spacial score (nSPS) is 15.9. The zero-order valence-electron chi connectivity index (χ0n) is 11.6. The van der Waals surface area contributed by atoms with Gasteiger partial charge in [0.25, 0.3) is 5.91 Å². The van der Waals surface area contributed by atoms with Crippen LogP contribution < -0.4 is 10.5 Å². The molecule has 0 saturated heterocycles. The van der Waals surface area contributed by atoms with Crippen LogP contribution >= 0.6 is 0 Å². The first-order valence-corrected chi connectivity index (χ1v) is 6.86. The topological polar surface area (TPSA) is 55.6 Å². The van der Waals surface area contributed by atoms with E-state index < -0.39 is 0 Å². The van der Waals surface area contributed by atoms with Gasteiger partial charge in [-0.2, -0.15) is 0 Å². The van der Waals surface area contributed by atoms with Gasteiger partial charge in [0, 0.05) is 24.7 Å². The Balaban J connectivity index is 1.96. The highest BCUT2D eigenvalue weighted by atomic mass is 16.5. The van der Waals surface area contributed by atoms with Crippen molar-refractivity contribution in [1.82, 2.24) is 4.90 Å². The van der Waals surface area contributed by atoms with Crippen LogP contribution in [-0.4, -0.2) is 30.5 Å². The maximum Gasteiger partial charge on any atom is 0.260 e. The Morgan fingerprint density at radius 1 is 1.47 bits per heavy atom. The molecule has 0 aromatic heterocycles. The predicted octanol–water partition coefficient (Wildman–Crippen LogP) is 2.10. The molecule has 0 bridgehead atoms. The fraction of sp³-hybridized carbons (Fsp3) is 0.533. The van der Waals surface area contributed by atoms with Gasteiger partial charge in [-0.1, -0.05) is 25.1 Å². The Hall–Kier alpha value is -1.55. The van der Waals surface area contributed by atoms with Crippen LogP contribution in [0.15, 0.2) is 24.3 Å². The molecule has 0 aliphatic heterocycles. The minimum Gasteiger partial charge on any atom is -0.483 e. The molecule has 0 spiro atoms. The number of ether oxygens (including phenoxy) is 1. The number of hydrogen-bond acceptors (Lipinski definition) is 3. The summed E-state index contributed by atoms with van der Waals surface area (Å²) in [6, 6.07) is 8.04. The number of nitrogens with two attached hydrogens (primary N) is 1. The van der Waals surface area contributed by atoms with Gasteiger partial charge >= 0.3 is 0 Å². The predicted molar refractivity (Wildman–Crippen MR) is 74.9 cm³/mol. The summed E-state index contributed by atoms with van der Waals surface area (Å²) in [6.07, 6.45) is 3.06. The number of likely N-dealkylation sites (N-methyl/N-ethyl adjacent to an activating group) is 1. The Bertz CT molecular complexity index is 444. The maximum absolute atomic E-state index is 11.9. The van der Waals surface area contributed by atoms with E-state index in [4.69, 9.17) is 10.5 Å². The van der Waals surface area contributed by atoms with Crippen molar-refractivity contribution in [3.8, 4) is 5.75 Å². The zero-order chi connectivity index (χ0) is 13.8. The lowest BCUT2D eigenvalue weighted by atomic mass is 10.0. The fourth-order valence-corrected chi connectivity index (χ4v) is 2.04. The van der Waals surface area contributed by atoms with Crippen molar-refractivity contribution in [1.29, 1.82) is 0 Å². The van der Waals surface area contributed by atoms with E-state index in [-0.39, 0.29) is 18.6 Å². The molecule has 1 unspecified atom stereocenters. The summed E-state index contributed by atoms with van der Waals surface area (Å²) in [7, 11) is 1.84. The molecular formula is C15H22N2O2. The number of benzene rings is 1. The lowest BCUT2D eigenvalue weighted by Gasteiger charge is -2.19. The summed E-state index contributed by atoms with van der Waals surface area (Å²) < 4.78 is 5.65. The number of rotatable bonds is 6. The summed E-state index contributed by atoms with van der Waals surface area (Å²) >= 11 is 0. The SMILES string of the molecule is CCC(N)c1ccccc1OCC(=O)N(C)C1CC1. The summed E-state index contributed by atoms with van der Waals surface area (Å²) in [5.74, 6) is 0.747. The lowest BCUT2D eigenvalue weighted by molar-refractivity contribution is -0.132. The molecule has 1 atom stereocenters. The van der Waals surface area contributed by atoms with Crippen LogP contribution in [0.25, 0.3) is 0 Å². The van der Waals surface area contributed by atoms with E-state index in [0.29, 0.717) is 6.04 Å². The van der Waals surface area contributed by atoms with E-state index in [2.05, 4.69) is 0 Å². The average molecular weight is 262 g/mol. The van der Waals surface area contributed by atoms with Gasteiger partial charge in [-0.25, -0.2) is 0 Å². The molecule has 1 aromatic rings. The third kappa shape index (κ3) is 3.47. The number of para-hydroxylation sites is 1. The molecule has 2 N–H and O–H groups in total. The highest BCUT2D eigenvalue weighted by Gasteiger charge is 2.29. The molecule has 1 fully saturated rings. The molecule has 4 nitrogen and oxygen atoms in total. The molecule has 1 saturated carbocycles. The molecule has 1 aliphatic carbocycles. The van der Waals surface area contributed by atoms with E-state index in [1.54, 1.807) is 4.90 Å². The van der Waals surface area contributed by atoms with E-state index in [1.807, 2.05) is 38.2 Å². The molecule has 104 valence electrons. The lowest BCUT2D eigenvalue weighted by Crippen LogP contribution is -2.33. The van der Waals surface area contributed by atoms with Gasteiger partial charge in [0.05, 0.1) is 0 Å². The monoisotopic (exact) mass is 262 g/mol. The quantitative estimate of drug-likeness (QED) is 0.854. The van der Waals surface area contributed by atoms with Crippen molar-refractivity contribution in [3.05, 3.63) is 29.8 Å². The van der Waals surface area contributed by atoms with Crippen molar-refractivity contribution in [2.24, 2.45) is 5.73 Å². The Morgan fingerprint density at radius 3 is 2.79 bits per heavy atom. The van der Waals surface area contributed by atoms with E-state index in [0.717, 1.165) is 30.6 Å². The van der Waals surface area contributed by atoms with Crippen molar-refractivity contribution in [3.63, 3.8) is 0 Å². The van der Waals surface area contributed by atoms with Crippen LogP contribution in [-0.2, 0) is 4.79 Å². The first-order valence-electron chi connectivity index (χ1n) is 6.86. The van der Waals surface area contributed by atoms with Crippen molar-refractivity contribution < 1.29 is 9.53 Å². The van der Waals surface area contributed by atoms with Crippen molar-refractivity contribution in [2.45, 2.75) is 38.3 Å². The van der Waals surface area contributed by atoms with Gasteiger partial charge in [-0.3, -0.25) is 4.79 Å². The third-order valence-corrected chi connectivity index (χ3v) is 3.60. The molecule has 0 heterocycles. The summed E-state index contributed by atoms with van der Waals surface area (Å²) in [6.45, 7) is 2.12. The van der Waals surface area contributed by atoms with Crippen LogP contribution in [0.4, 0.5) is 0 Å². The Morgan fingerprint density at radius 2 is 2.16 bits per heavy atom. The molecule has 4 heteroatoms. The van der Waals surface area contributed by atoms with Gasteiger partial charge in [-0.05, 0) is 25.3 Å². The molecule has 1 amide bonds. The number of carbonyl (C=O) groups excluding carboxylic acids is 1. The minimum atomic E-state index is -0.0486. The van der Waals surface area contributed by atoms with Gasteiger partial charge < -0.3 is 15.4 Å². The van der Waals surface area contributed by atoms with Gasteiger partial charge in [0.15, 0.2) is 6.61 Å². The first kappa shape index (κ1) is 13.9. The molecule has 2 rings (SSSR count). The molecule has 19 heavy (non-hydrogen) atoms. The second kappa shape index (κ2) is 6.06. The zero-order valence-corrected chi connectivity index (χ0v) is 11.6. The highest BCUT2D eigenvalue weighted by Crippen LogP contribution is 2.27. The van der Waals surface area contributed by atoms with Crippen molar-refractivity contribution >= 4 is 5.91 Å². The largest absolute Gasteiger partial charge is 0.483 e. The van der Waals surface area contributed by atoms with Crippen LogP contribution in [0.3, 0.4) is 0 Å². The minimum absolute atomic E-state index is 0.0300. The number of carbonyl (C=O) groups is 1. The Kier molecular flexibility index (Phi) is 4.43. The fourth-order valence-electron chi connectivity index (χ4n) is 2.04. The van der Waals surface area contributed by atoms with Crippen LogP contribution in [0.2, 0.25) is 0 Å². The summed E-state index contributed by atoms with van der Waals surface area (Å²) in [5, 5.41) is 0. The summed E-state index contributed by atoms with van der Waals surface area (Å²) in [4.78, 5) is 13.7. The van der Waals surface area contributed by atoms with Crippen LogP contribution in [0, 0.1) is 0 Å². The number of nitrogens with zero attached hydrogens (tertiary/aromatic N) is 1. The first-order chi connectivity index (χ1) is 9.13. The number of amides is 1. The molecule has 1 aromatic carbocycles. The standard InChI is InChI=1S/C15H22N2O2/c1-3-13(16)12-6-4-5-7-14(12)19-10-15(18)17(2)11-8-9-11/h4-7,11,13H,3,8-10,16H2,1-2H3. The van der Waals surface area contributed by atoms with E-state index in [1.165, 1.54) is 0 Å².